The van der Waals surface area contributed by atoms with Gasteiger partial charge in [0.1, 0.15) is 0 Å². The molecule has 0 atom stereocenters. The Morgan fingerprint density at radius 3 is 3.19 bits per heavy atom. The number of hydrogen-bond acceptors (Lipinski definition) is 3. The highest BCUT2D eigenvalue weighted by Crippen LogP contribution is 2.13. The van der Waals surface area contributed by atoms with Crippen molar-refractivity contribution < 1.29 is 0 Å². The first-order chi connectivity index (χ1) is 7.86. The molecule has 0 aromatic carbocycles. The SMILES string of the molecule is Cc1cnccc1NCCC1=CCNCC1. The Morgan fingerprint density at radius 1 is 1.50 bits per heavy atom. The van der Waals surface area contributed by atoms with Crippen LogP contribution in [0.15, 0.2) is 30.1 Å². The number of rotatable bonds is 4. The fourth-order valence-electron chi connectivity index (χ4n) is 1.93. The first-order valence-electron chi connectivity index (χ1n) is 5.89. The van der Waals surface area contributed by atoms with E-state index in [0.29, 0.717) is 0 Å². The van der Waals surface area contributed by atoms with Gasteiger partial charge in [-0.15, -0.1) is 0 Å². The van der Waals surface area contributed by atoms with Crippen molar-refractivity contribution >= 4 is 5.69 Å². The molecule has 0 fully saturated rings. The zero-order valence-electron chi connectivity index (χ0n) is 9.79. The van der Waals surface area contributed by atoms with E-state index in [2.05, 4.69) is 28.6 Å². The minimum atomic E-state index is 1.01. The zero-order valence-corrected chi connectivity index (χ0v) is 9.79. The van der Waals surface area contributed by atoms with E-state index < -0.39 is 0 Å². The first kappa shape index (κ1) is 11.1. The van der Waals surface area contributed by atoms with Gasteiger partial charge in [0.15, 0.2) is 0 Å². The molecular weight excluding hydrogens is 198 g/mol. The maximum absolute atomic E-state index is 4.08. The van der Waals surface area contributed by atoms with Crippen molar-refractivity contribution in [2.75, 3.05) is 25.0 Å². The molecule has 0 amide bonds. The molecule has 3 heteroatoms. The molecule has 0 unspecified atom stereocenters. The fourth-order valence-corrected chi connectivity index (χ4v) is 1.93. The highest BCUT2D eigenvalue weighted by molar-refractivity contribution is 5.48. The van der Waals surface area contributed by atoms with Gasteiger partial charge in [0.2, 0.25) is 0 Å². The Labute approximate surface area is 97.0 Å². The average molecular weight is 217 g/mol. The van der Waals surface area contributed by atoms with E-state index in [1.54, 1.807) is 5.57 Å². The van der Waals surface area contributed by atoms with Crippen molar-refractivity contribution in [2.24, 2.45) is 0 Å². The number of hydrogen-bond donors (Lipinski definition) is 2. The lowest BCUT2D eigenvalue weighted by atomic mass is 10.1. The minimum absolute atomic E-state index is 1.01. The van der Waals surface area contributed by atoms with Crippen LogP contribution in [0.3, 0.4) is 0 Å². The van der Waals surface area contributed by atoms with Crippen LogP contribution < -0.4 is 10.6 Å². The summed E-state index contributed by atoms with van der Waals surface area (Å²) in [5.74, 6) is 0. The van der Waals surface area contributed by atoms with Crippen molar-refractivity contribution in [3.63, 3.8) is 0 Å². The van der Waals surface area contributed by atoms with Crippen LogP contribution in [-0.4, -0.2) is 24.6 Å². The van der Waals surface area contributed by atoms with Gasteiger partial charge in [-0.25, -0.2) is 0 Å². The predicted octanol–water partition coefficient (Wildman–Crippen LogP) is 2.11. The molecule has 1 aromatic rings. The van der Waals surface area contributed by atoms with Crippen LogP contribution in [0.1, 0.15) is 18.4 Å². The highest BCUT2D eigenvalue weighted by atomic mass is 14.9. The summed E-state index contributed by atoms with van der Waals surface area (Å²) in [5, 5.41) is 6.79. The number of aromatic nitrogens is 1. The maximum Gasteiger partial charge on any atom is 0.0400 e. The fraction of sp³-hybridized carbons (Fsp3) is 0.462. The third kappa shape index (κ3) is 3.07. The van der Waals surface area contributed by atoms with Crippen LogP contribution in [0.5, 0.6) is 0 Å². The summed E-state index contributed by atoms with van der Waals surface area (Å²) in [5.41, 5.74) is 3.98. The van der Waals surface area contributed by atoms with E-state index in [9.17, 15) is 0 Å². The normalized spacial score (nSPS) is 15.7. The monoisotopic (exact) mass is 217 g/mol. The van der Waals surface area contributed by atoms with Crippen molar-refractivity contribution in [3.05, 3.63) is 35.7 Å². The van der Waals surface area contributed by atoms with Gasteiger partial charge < -0.3 is 10.6 Å². The second-order valence-electron chi connectivity index (χ2n) is 4.18. The van der Waals surface area contributed by atoms with E-state index in [1.807, 2.05) is 18.5 Å². The van der Waals surface area contributed by atoms with E-state index in [1.165, 1.54) is 17.7 Å². The van der Waals surface area contributed by atoms with Gasteiger partial charge in [0, 0.05) is 31.2 Å². The molecule has 0 saturated heterocycles. The number of aryl methyl sites for hydroxylation is 1. The molecule has 1 aromatic heterocycles. The molecular formula is C13H19N3. The van der Waals surface area contributed by atoms with Crippen LogP contribution in [0.25, 0.3) is 0 Å². The average Bonchev–Trinajstić information content (AvgIpc) is 2.33. The lowest BCUT2D eigenvalue weighted by Crippen LogP contribution is -2.21. The van der Waals surface area contributed by atoms with Gasteiger partial charge in [0.25, 0.3) is 0 Å². The predicted molar refractivity (Wildman–Crippen MR) is 67.7 cm³/mol. The number of pyridine rings is 1. The molecule has 16 heavy (non-hydrogen) atoms. The number of nitrogens with zero attached hydrogens (tertiary/aromatic N) is 1. The van der Waals surface area contributed by atoms with E-state index in [0.717, 1.165) is 26.1 Å². The molecule has 86 valence electrons. The minimum Gasteiger partial charge on any atom is -0.384 e. The van der Waals surface area contributed by atoms with Gasteiger partial charge in [0.05, 0.1) is 0 Å². The number of nitrogens with one attached hydrogen (secondary N) is 2. The summed E-state index contributed by atoms with van der Waals surface area (Å²) >= 11 is 0. The van der Waals surface area contributed by atoms with Gasteiger partial charge >= 0.3 is 0 Å². The first-order valence-corrected chi connectivity index (χ1v) is 5.89. The highest BCUT2D eigenvalue weighted by Gasteiger charge is 2.02. The zero-order chi connectivity index (χ0) is 11.2. The number of anilines is 1. The van der Waals surface area contributed by atoms with Crippen molar-refractivity contribution in [3.8, 4) is 0 Å². The molecule has 1 aliphatic rings. The molecule has 3 nitrogen and oxygen atoms in total. The summed E-state index contributed by atoms with van der Waals surface area (Å²) < 4.78 is 0. The van der Waals surface area contributed by atoms with Crippen LogP contribution in [0.2, 0.25) is 0 Å². The molecule has 0 radical (unpaired) electrons. The topological polar surface area (TPSA) is 37.0 Å². The van der Waals surface area contributed by atoms with Gasteiger partial charge in [-0.1, -0.05) is 11.6 Å². The standard InChI is InChI=1S/C13H19N3/c1-11-10-15-8-5-13(11)16-9-4-12-2-6-14-7-3-12/h2,5,8,10,14H,3-4,6-7,9H2,1H3,(H,15,16). The van der Waals surface area contributed by atoms with Gasteiger partial charge in [-0.05, 0) is 37.9 Å². The lowest BCUT2D eigenvalue weighted by Gasteiger charge is -2.15. The van der Waals surface area contributed by atoms with E-state index in [4.69, 9.17) is 0 Å². The summed E-state index contributed by atoms with van der Waals surface area (Å²) in [6.45, 7) is 5.25. The molecule has 0 bridgehead atoms. The Morgan fingerprint density at radius 2 is 2.44 bits per heavy atom. The summed E-state index contributed by atoms with van der Waals surface area (Å²) in [6.07, 6.45) is 8.37. The third-order valence-electron chi connectivity index (χ3n) is 2.94. The summed E-state index contributed by atoms with van der Waals surface area (Å²) in [4.78, 5) is 4.08. The molecule has 2 N–H and O–H groups in total. The lowest BCUT2D eigenvalue weighted by molar-refractivity contribution is 0.683. The molecule has 1 aliphatic heterocycles. The van der Waals surface area contributed by atoms with E-state index in [-0.39, 0.29) is 0 Å². The molecule has 0 aliphatic carbocycles. The molecule has 2 rings (SSSR count). The van der Waals surface area contributed by atoms with E-state index >= 15 is 0 Å². The Bertz CT molecular complexity index is 371. The van der Waals surface area contributed by atoms with Crippen LogP contribution in [0, 0.1) is 6.92 Å². The third-order valence-corrected chi connectivity index (χ3v) is 2.94. The summed E-state index contributed by atoms with van der Waals surface area (Å²) in [6, 6.07) is 2.03. The Hall–Kier alpha value is -1.35. The van der Waals surface area contributed by atoms with Crippen LogP contribution in [-0.2, 0) is 0 Å². The van der Waals surface area contributed by atoms with Crippen LogP contribution in [0.4, 0.5) is 5.69 Å². The largest absolute Gasteiger partial charge is 0.384 e. The molecule has 2 heterocycles. The maximum atomic E-state index is 4.08. The molecule has 0 saturated carbocycles. The smallest absolute Gasteiger partial charge is 0.0400 e. The van der Waals surface area contributed by atoms with Crippen molar-refractivity contribution in [1.29, 1.82) is 0 Å². The van der Waals surface area contributed by atoms with Crippen molar-refractivity contribution in [2.45, 2.75) is 19.8 Å². The van der Waals surface area contributed by atoms with Crippen LogP contribution >= 0.6 is 0 Å². The second-order valence-corrected chi connectivity index (χ2v) is 4.18. The second kappa shape index (κ2) is 5.66. The summed E-state index contributed by atoms with van der Waals surface area (Å²) in [7, 11) is 0. The van der Waals surface area contributed by atoms with Gasteiger partial charge in [-0.3, -0.25) is 4.98 Å². The Balaban J connectivity index is 1.80. The van der Waals surface area contributed by atoms with Gasteiger partial charge in [-0.2, -0.15) is 0 Å². The molecule has 0 spiro atoms. The Kier molecular flexibility index (Phi) is 3.94. The van der Waals surface area contributed by atoms with Crippen molar-refractivity contribution in [1.82, 2.24) is 10.3 Å². The quantitative estimate of drug-likeness (QED) is 0.758.